The SMILES string of the molecule is CCSCCOc1c(C(N)=S)oc2ccccc12. The number of rotatable bonds is 6. The van der Waals surface area contributed by atoms with Gasteiger partial charge in [-0.3, -0.25) is 0 Å². The molecule has 1 aromatic heterocycles. The van der Waals surface area contributed by atoms with E-state index in [1.165, 1.54) is 0 Å². The van der Waals surface area contributed by atoms with E-state index in [4.69, 9.17) is 27.1 Å². The fraction of sp³-hybridized carbons (Fsp3) is 0.308. The third-order valence-electron chi connectivity index (χ3n) is 2.45. The molecule has 0 saturated heterocycles. The second kappa shape index (κ2) is 6.11. The highest BCUT2D eigenvalue weighted by Gasteiger charge is 2.17. The van der Waals surface area contributed by atoms with E-state index in [0.29, 0.717) is 18.1 Å². The van der Waals surface area contributed by atoms with Crippen LogP contribution in [0.4, 0.5) is 0 Å². The largest absolute Gasteiger partial charge is 0.488 e. The maximum atomic E-state index is 5.77. The van der Waals surface area contributed by atoms with Crippen molar-refractivity contribution in [1.82, 2.24) is 0 Å². The molecule has 5 heteroatoms. The molecule has 1 heterocycles. The Hall–Kier alpha value is -1.20. The minimum atomic E-state index is 0.226. The standard InChI is InChI=1S/C13H15NO2S2/c1-2-18-8-7-15-11-9-5-3-4-6-10(9)16-12(11)13(14)17/h3-6H,2,7-8H2,1H3,(H2,14,17). The minimum absolute atomic E-state index is 0.226. The summed E-state index contributed by atoms with van der Waals surface area (Å²) in [5.74, 6) is 3.15. The molecule has 0 atom stereocenters. The van der Waals surface area contributed by atoms with Crippen molar-refractivity contribution in [2.24, 2.45) is 5.73 Å². The van der Waals surface area contributed by atoms with E-state index < -0.39 is 0 Å². The Balaban J connectivity index is 2.27. The summed E-state index contributed by atoms with van der Waals surface area (Å²) in [7, 11) is 0. The molecule has 0 saturated carbocycles. The normalized spacial score (nSPS) is 10.7. The summed E-state index contributed by atoms with van der Waals surface area (Å²) in [6, 6.07) is 7.68. The molecular formula is C13H15NO2S2. The molecule has 2 rings (SSSR count). The molecule has 0 aliphatic carbocycles. The maximum absolute atomic E-state index is 5.77. The summed E-state index contributed by atoms with van der Waals surface area (Å²) < 4.78 is 11.4. The van der Waals surface area contributed by atoms with Crippen LogP contribution in [-0.2, 0) is 0 Å². The summed E-state index contributed by atoms with van der Waals surface area (Å²) >= 11 is 6.82. The first-order chi connectivity index (χ1) is 8.74. The molecule has 0 fully saturated rings. The number of ether oxygens (including phenoxy) is 1. The Morgan fingerprint density at radius 2 is 2.22 bits per heavy atom. The van der Waals surface area contributed by atoms with Crippen molar-refractivity contribution in [3.8, 4) is 5.75 Å². The zero-order valence-electron chi connectivity index (χ0n) is 10.1. The molecule has 2 N–H and O–H groups in total. The Labute approximate surface area is 116 Å². The molecule has 0 amide bonds. The first-order valence-electron chi connectivity index (χ1n) is 5.76. The fourth-order valence-corrected chi connectivity index (χ4v) is 2.30. The van der Waals surface area contributed by atoms with Gasteiger partial charge in [0, 0.05) is 5.75 Å². The van der Waals surface area contributed by atoms with Gasteiger partial charge < -0.3 is 14.9 Å². The summed E-state index contributed by atoms with van der Waals surface area (Å²) in [6.07, 6.45) is 0. The second-order valence-electron chi connectivity index (χ2n) is 3.67. The van der Waals surface area contributed by atoms with E-state index in [2.05, 4.69) is 6.92 Å². The predicted octanol–water partition coefficient (Wildman–Crippen LogP) is 3.20. The number of thioether (sulfide) groups is 1. The molecule has 3 nitrogen and oxygen atoms in total. The van der Waals surface area contributed by atoms with Gasteiger partial charge in [0.05, 0.1) is 12.0 Å². The topological polar surface area (TPSA) is 48.4 Å². The van der Waals surface area contributed by atoms with Crippen molar-refractivity contribution in [3.05, 3.63) is 30.0 Å². The van der Waals surface area contributed by atoms with Gasteiger partial charge in [0.15, 0.2) is 5.75 Å². The molecule has 0 bridgehead atoms. The molecule has 0 aliphatic rings. The third kappa shape index (κ3) is 2.79. The van der Waals surface area contributed by atoms with Gasteiger partial charge in [-0.25, -0.2) is 0 Å². The van der Waals surface area contributed by atoms with Crippen LogP contribution < -0.4 is 10.5 Å². The van der Waals surface area contributed by atoms with Crippen LogP contribution in [0.3, 0.4) is 0 Å². The van der Waals surface area contributed by atoms with Crippen LogP contribution in [0.15, 0.2) is 28.7 Å². The summed E-state index contributed by atoms with van der Waals surface area (Å²) in [4.78, 5) is 0.226. The monoisotopic (exact) mass is 281 g/mol. The Kier molecular flexibility index (Phi) is 4.49. The van der Waals surface area contributed by atoms with Crippen molar-refractivity contribution in [2.75, 3.05) is 18.1 Å². The molecule has 0 unspecified atom stereocenters. The second-order valence-corrected chi connectivity index (χ2v) is 5.50. The number of furan rings is 1. The Bertz CT molecular complexity index is 551. The van der Waals surface area contributed by atoms with Crippen molar-refractivity contribution in [2.45, 2.75) is 6.92 Å². The summed E-state index contributed by atoms with van der Waals surface area (Å²) in [5, 5.41) is 0.918. The zero-order chi connectivity index (χ0) is 13.0. The lowest BCUT2D eigenvalue weighted by molar-refractivity contribution is 0.341. The van der Waals surface area contributed by atoms with Gasteiger partial charge in [-0.15, -0.1) is 0 Å². The van der Waals surface area contributed by atoms with E-state index in [1.54, 1.807) is 0 Å². The lowest BCUT2D eigenvalue weighted by Crippen LogP contribution is -2.11. The number of benzene rings is 1. The highest BCUT2D eigenvalue weighted by molar-refractivity contribution is 7.99. The number of fused-ring (bicyclic) bond motifs is 1. The molecular weight excluding hydrogens is 266 g/mol. The lowest BCUT2D eigenvalue weighted by Gasteiger charge is -2.05. The number of hydrogen-bond donors (Lipinski definition) is 1. The molecule has 0 aliphatic heterocycles. The van der Waals surface area contributed by atoms with Crippen molar-refractivity contribution < 1.29 is 9.15 Å². The smallest absolute Gasteiger partial charge is 0.204 e. The van der Waals surface area contributed by atoms with Crippen molar-refractivity contribution in [3.63, 3.8) is 0 Å². The van der Waals surface area contributed by atoms with E-state index in [1.807, 2.05) is 36.0 Å². The van der Waals surface area contributed by atoms with Gasteiger partial charge >= 0.3 is 0 Å². The van der Waals surface area contributed by atoms with Crippen LogP contribution in [0.1, 0.15) is 12.7 Å². The van der Waals surface area contributed by atoms with Crippen LogP contribution in [0.25, 0.3) is 11.0 Å². The van der Waals surface area contributed by atoms with Gasteiger partial charge in [0.2, 0.25) is 5.76 Å². The van der Waals surface area contributed by atoms with Crippen LogP contribution in [0, 0.1) is 0 Å². The van der Waals surface area contributed by atoms with E-state index in [-0.39, 0.29) is 4.99 Å². The number of thiocarbonyl (C=S) groups is 1. The van der Waals surface area contributed by atoms with Crippen LogP contribution in [-0.4, -0.2) is 23.1 Å². The van der Waals surface area contributed by atoms with Crippen LogP contribution in [0.5, 0.6) is 5.75 Å². The molecule has 96 valence electrons. The number of para-hydroxylation sites is 1. The quantitative estimate of drug-likeness (QED) is 0.651. The summed E-state index contributed by atoms with van der Waals surface area (Å²) in [5.41, 5.74) is 6.41. The zero-order valence-corrected chi connectivity index (χ0v) is 11.8. The van der Waals surface area contributed by atoms with Crippen molar-refractivity contribution in [1.29, 1.82) is 0 Å². The average Bonchev–Trinajstić information content (AvgIpc) is 2.74. The minimum Gasteiger partial charge on any atom is -0.488 e. The molecule has 2 aromatic rings. The van der Waals surface area contributed by atoms with Gasteiger partial charge in [-0.2, -0.15) is 11.8 Å². The van der Waals surface area contributed by atoms with Crippen LogP contribution in [0.2, 0.25) is 0 Å². The molecule has 0 spiro atoms. The van der Waals surface area contributed by atoms with Gasteiger partial charge in [-0.05, 0) is 17.9 Å². The summed E-state index contributed by atoms with van der Waals surface area (Å²) in [6.45, 7) is 2.75. The highest BCUT2D eigenvalue weighted by Crippen LogP contribution is 2.33. The third-order valence-corrected chi connectivity index (χ3v) is 3.50. The first-order valence-corrected chi connectivity index (χ1v) is 7.32. The van der Waals surface area contributed by atoms with Gasteiger partial charge in [0.25, 0.3) is 0 Å². The molecule has 0 radical (unpaired) electrons. The van der Waals surface area contributed by atoms with E-state index >= 15 is 0 Å². The molecule has 18 heavy (non-hydrogen) atoms. The number of hydrogen-bond acceptors (Lipinski definition) is 4. The Morgan fingerprint density at radius 1 is 1.44 bits per heavy atom. The lowest BCUT2D eigenvalue weighted by atomic mass is 10.2. The van der Waals surface area contributed by atoms with Gasteiger partial charge in [0.1, 0.15) is 10.6 Å². The Morgan fingerprint density at radius 3 is 2.94 bits per heavy atom. The average molecular weight is 281 g/mol. The number of nitrogens with two attached hydrogens (primary N) is 1. The predicted molar refractivity (Wildman–Crippen MR) is 80.6 cm³/mol. The van der Waals surface area contributed by atoms with Gasteiger partial charge in [-0.1, -0.05) is 31.3 Å². The van der Waals surface area contributed by atoms with Crippen LogP contribution >= 0.6 is 24.0 Å². The fourth-order valence-electron chi connectivity index (χ4n) is 1.67. The van der Waals surface area contributed by atoms with E-state index in [9.17, 15) is 0 Å². The highest BCUT2D eigenvalue weighted by atomic mass is 32.2. The first kappa shape index (κ1) is 13.2. The maximum Gasteiger partial charge on any atom is 0.204 e. The molecule has 1 aromatic carbocycles. The van der Waals surface area contributed by atoms with Crippen molar-refractivity contribution >= 4 is 39.9 Å². The van der Waals surface area contributed by atoms with E-state index in [0.717, 1.165) is 22.5 Å².